The monoisotopic (exact) mass is 628 g/mol. The van der Waals surface area contributed by atoms with Gasteiger partial charge in [0.15, 0.2) is 0 Å². The van der Waals surface area contributed by atoms with Gasteiger partial charge in [0.05, 0.1) is 0 Å². The van der Waals surface area contributed by atoms with E-state index in [1.165, 1.54) is 0 Å². The Morgan fingerprint density at radius 2 is 0.939 bits per heavy atom. The van der Waals surface area contributed by atoms with Crippen molar-refractivity contribution in [3.63, 3.8) is 0 Å². The average molecular weight is 629 g/mol. The third kappa shape index (κ3) is 4.09. The summed E-state index contributed by atoms with van der Waals surface area (Å²) in [5.74, 6) is 0.427. The number of rotatable bonds is 3. The van der Waals surface area contributed by atoms with E-state index in [4.69, 9.17) is 4.42 Å². The minimum atomic E-state index is 0.180. The van der Waals surface area contributed by atoms with Crippen molar-refractivity contribution in [2.24, 2.45) is 0 Å². The zero-order valence-corrected chi connectivity index (χ0v) is 26.3. The maximum atomic E-state index is 11.7. The molecule has 1 heterocycles. The SMILES string of the molecule is Oc1cccc(-c2ccc(-c3c4ccccc4c(-c4cc5c(cc4O)oc4c6ccccc6ccc54)c4ccccc34)c3ccccc23)c1. The van der Waals surface area contributed by atoms with Crippen molar-refractivity contribution in [3.05, 3.63) is 158 Å². The van der Waals surface area contributed by atoms with Crippen molar-refractivity contribution >= 4 is 65.0 Å². The second-order valence-electron chi connectivity index (χ2n) is 12.7. The molecule has 0 saturated heterocycles. The molecule has 49 heavy (non-hydrogen) atoms. The van der Waals surface area contributed by atoms with Crippen molar-refractivity contribution in [2.75, 3.05) is 0 Å². The number of hydrogen-bond acceptors (Lipinski definition) is 3. The first kappa shape index (κ1) is 27.5. The van der Waals surface area contributed by atoms with Crippen LogP contribution in [0.1, 0.15) is 0 Å². The van der Waals surface area contributed by atoms with Gasteiger partial charge in [0.25, 0.3) is 0 Å². The fraction of sp³-hybridized carbons (Fsp3) is 0. The first-order valence-electron chi connectivity index (χ1n) is 16.5. The highest BCUT2D eigenvalue weighted by molar-refractivity contribution is 6.25. The molecule has 0 amide bonds. The van der Waals surface area contributed by atoms with Crippen LogP contribution in [0.2, 0.25) is 0 Å². The van der Waals surface area contributed by atoms with E-state index in [-0.39, 0.29) is 11.5 Å². The minimum absolute atomic E-state index is 0.180. The Kier molecular flexibility index (Phi) is 5.88. The molecule has 0 radical (unpaired) electrons. The number of phenolic OH excluding ortho intramolecular Hbond substituents is 2. The van der Waals surface area contributed by atoms with Gasteiger partial charge >= 0.3 is 0 Å². The Hall–Kier alpha value is -6.58. The molecule has 9 aromatic carbocycles. The Morgan fingerprint density at radius 1 is 0.367 bits per heavy atom. The van der Waals surface area contributed by atoms with Gasteiger partial charge in [-0.2, -0.15) is 0 Å². The second kappa shape index (κ2) is 10.5. The highest BCUT2D eigenvalue weighted by Gasteiger charge is 2.22. The van der Waals surface area contributed by atoms with E-state index in [1.807, 2.05) is 30.3 Å². The Balaban J connectivity index is 1.28. The molecule has 3 heteroatoms. The lowest BCUT2D eigenvalue weighted by Crippen LogP contribution is -1.93. The molecule has 2 N–H and O–H groups in total. The maximum Gasteiger partial charge on any atom is 0.143 e. The van der Waals surface area contributed by atoms with Crippen molar-refractivity contribution < 1.29 is 14.6 Å². The summed E-state index contributed by atoms with van der Waals surface area (Å²) in [5, 5.41) is 32.8. The van der Waals surface area contributed by atoms with Crippen molar-refractivity contribution in [2.45, 2.75) is 0 Å². The van der Waals surface area contributed by atoms with Gasteiger partial charge in [-0.3, -0.25) is 0 Å². The Morgan fingerprint density at radius 3 is 1.61 bits per heavy atom. The fourth-order valence-corrected chi connectivity index (χ4v) is 7.89. The lowest BCUT2D eigenvalue weighted by molar-refractivity contribution is 0.475. The quantitative estimate of drug-likeness (QED) is 0.191. The van der Waals surface area contributed by atoms with Crippen LogP contribution in [0.15, 0.2) is 162 Å². The van der Waals surface area contributed by atoms with Crippen LogP contribution >= 0.6 is 0 Å². The summed E-state index contributed by atoms with van der Waals surface area (Å²) >= 11 is 0. The predicted octanol–water partition coefficient (Wildman–Crippen LogP) is 12.6. The van der Waals surface area contributed by atoms with E-state index in [2.05, 4.69) is 115 Å². The van der Waals surface area contributed by atoms with Crippen LogP contribution < -0.4 is 0 Å². The first-order chi connectivity index (χ1) is 24.1. The van der Waals surface area contributed by atoms with Gasteiger partial charge in [-0.05, 0) is 84.2 Å². The van der Waals surface area contributed by atoms with E-state index >= 15 is 0 Å². The summed E-state index contributed by atoms with van der Waals surface area (Å²) in [5.41, 5.74) is 7.57. The van der Waals surface area contributed by atoms with E-state index in [0.717, 1.165) is 92.8 Å². The van der Waals surface area contributed by atoms with Crippen molar-refractivity contribution in [3.8, 4) is 44.9 Å². The molecule has 0 aliphatic carbocycles. The van der Waals surface area contributed by atoms with Gasteiger partial charge in [-0.1, -0.05) is 127 Å². The van der Waals surface area contributed by atoms with Crippen molar-refractivity contribution in [1.29, 1.82) is 0 Å². The van der Waals surface area contributed by atoms with E-state index in [1.54, 1.807) is 12.1 Å². The summed E-state index contributed by atoms with van der Waals surface area (Å²) in [6.45, 7) is 0. The molecule has 0 atom stereocenters. The lowest BCUT2D eigenvalue weighted by Gasteiger charge is -2.20. The summed E-state index contributed by atoms with van der Waals surface area (Å²) in [7, 11) is 0. The standard InChI is InChI=1S/C46H28O3/c47-29-12-9-11-28(24-29)30-22-23-38(33-15-4-3-14-32(30)33)44-34-16-5-7-18-36(34)45(37-19-8-6-17-35(37)44)41-25-40-39-21-20-27-10-1-2-13-31(27)46(39)49-43(40)26-42(41)48/h1-26,47-48H. The van der Waals surface area contributed by atoms with Gasteiger partial charge in [0.1, 0.15) is 22.7 Å². The van der Waals surface area contributed by atoms with Gasteiger partial charge < -0.3 is 14.6 Å². The van der Waals surface area contributed by atoms with Gasteiger partial charge in [0, 0.05) is 33.4 Å². The molecule has 10 rings (SSSR count). The number of benzene rings is 9. The van der Waals surface area contributed by atoms with Crippen molar-refractivity contribution in [1.82, 2.24) is 0 Å². The van der Waals surface area contributed by atoms with Crippen LogP contribution in [0.3, 0.4) is 0 Å². The molecule has 3 nitrogen and oxygen atoms in total. The number of hydrogen-bond donors (Lipinski definition) is 2. The topological polar surface area (TPSA) is 53.6 Å². The van der Waals surface area contributed by atoms with Crippen LogP contribution in [0, 0.1) is 0 Å². The molecule has 0 unspecified atom stereocenters. The predicted molar refractivity (Wildman–Crippen MR) is 203 cm³/mol. The van der Waals surface area contributed by atoms with Crippen LogP contribution in [0.5, 0.6) is 11.5 Å². The zero-order valence-electron chi connectivity index (χ0n) is 26.3. The zero-order chi connectivity index (χ0) is 32.6. The van der Waals surface area contributed by atoms with Crippen LogP contribution in [-0.2, 0) is 0 Å². The normalized spacial score (nSPS) is 11.8. The Labute approximate surface area is 281 Å². The third-order valence-corrected chi connectivity index (χ3v) is 10.0. The second-order valence-corrected chi connectivity index (χ2v) is 12.7. The molecule has 1 aromatic heterocycles. The Bertz CT molecular complexity index is 2910. The molecule has 230 valence electrons. The van der Waals surface area contributed by atoms with Gasteiger partial charge in [0.2, 0.25) is 0 Å². The average Bonchev–Trinajstić information content (AvgIpc) is 3.51. The fourth-order valence-electron chi connectivity index (χ4n) is 7.89. The molecule has 0 fully saturated rings. The largest absolute Gasteiger partial charge is 0.508 e. The highest BCUT2D eigenvalue weighted by Crippen LogP contribution is 2.49. The summed E-state index contributed by atoms with van der Waals surface area (Å²) in [6.07, 6.45) is 0. The van der Waals surface area contributed by atoms with Crippen LogP contribution in [0.25, 0.3) is 98.4 Å². The van der Waals surface area contributed by atoms with E-state index < -0.39 is 0 Å². The number of aromatic hydroxyl groups is 2. The molecule has 0 spiro atoms. The van der Waals surface area contributed by atoms with Gasteiger partial charge in [-0.15, -0.1) is 0 Å². The summed E-state index contributed by atoms with van der Waals surface area (Å²) in [4.78, 5) is 0. The molecule has 0 saturated carbocycles. The first-order valence-corrected chi connectivity index (χ1v) is 16.5. The summed E-state index contributed by atoms with van der Waals surface area (Å²) in [6, 6.07) is 53.7. The molecular weight excluding hydrogens is 601 g/mol. The van der Waals surface area contributed by atoms with Crippen LogP contribution in [-0.4, -0.2) is 10.2 Å². The van der Waals surface area contributed by atoms with E-state index in [0.29, 0.717) is 5.58 Å². The lowest BCUT2D eigenvalue weighted by atomic mass is 9.83. The molecule has 0 aliphatic heterocycles. The smallest absolute Gasteiger partial charge is 0.143 e. The molecule has 10 aromatic rings. The maximum absolute atomic E-state index is 11.7. The number of phenols is 2. The number of furan rings is 1. The third-order valence-electron chi connectivity index (χ3n) is 10.0. The minimum Gasteiger partial charge on any atom is -0.508 e. The van der Waals surface area contributed by atoms with E-state index in [9.17, 15) is 10.2 Å². The molecule has 0 bridgehead atoms. The molecule has 0 aliphatic rings. The number of fused-ring (bicyclic) bond motifs is 8. The highest BCUT2D eigenvalue weighted by atomic mass is 16.3. The molecular formula is C46H28O3. The van der Waals surface area contributed by atoms with Gasteiger partial charge in [-0.25, -0.2) is 0 Å². The van der Waals surface area contributed by atoms with Crippen LogP contribution in [0.4, 0.5) is 0 Å². The summed E-state index contributed by atoms with van der Waals surface area (Å²) < 4.78 is 6.40.